The predicted octanol–water partition coefficient (Wildman–Crippen LogP) is 3.69. The fourth-order valence-corrected chi connectivity index (χ4v) is 4.35. The molecule has 4 heterocycles. The van der Waals surface area contributed by atoms with Gasteiger partial charge in [0.15, 0.2) is 0 Å². The fourth-order valence-electron chi connectivity index (χ4n) is 3.63. The van der Waals surface area contributed by atoms with Gasteiger partial charge in [-0.05, 0) is 19.1 Å². The predicted molar refractivity (Wildman–Crippen MR) is 112 cm³/mol. The van der Waals surface area contributed by atoms with E-state index in [2.05, 4.69) is 44.0 Å². The largest absolute Gasteiger partial charge is 0.338 e. The SMILES string of the molecule is CCn1c2ccccc2n2c1nn1c(SCc3nc(-c4ccccc4)no3)nnc12. The molecule has 0 saturated carbocycles. The minimum Gasteiger partial charge on any atom is -0.338 e. The Morgan fingerprint density at radius 3 is 2.57 bits per heavy atom. The molecular weight excluding hydrogens is 400 g/mol. The van der Waals surface area contributed by atoms with E-state index in [1.54, 1.807) is 4.52 Å². The molecule has 0 aliphatic heterocycles. The highest BCUT2D eigenvalue weighted by Gasteiger charge is 2.20. The molecule has 2 aromatic carbocycles. The van der Waals surface area contributed by atoms with Crippen molar-refractivity contribution in [1.29, 1.82) is 0 Å². The van der Waals surface area contributed by atoms with Gasteiger partial charge in [0.25, 0.3) is 5.78 Å². The molecule has 0 amide bonds. The first kappa shape index (κ1) is 17.2. The molecule has 0 saturated heterocycles. The zero-order chi connectivity index (χ0) is 20.1. The van der Waals surface area contributed by atoms with Gasteiger partial charge in [0, 0.05) is 12.1 Å². The van der Waals surface area contributed by atoms with Crippen LogP contribution >= 0.6 is 11.8 Å². The molecule has 4 aromatic heterocycles. The molecule has 148 valence electrons. The second-order valence-electron chi connectivity index (χ2n) is 6.73. The molecule has 0 unspecified atom stereocenters. The maximum atomic E-state index is 5.40. The second kappa shape index (κ2) is 6.70. The Labute approximate surface area is 174 Å². The fraction of sp³-hybridized carbons (Fsp3) is 0.150. The smallest absolute Gasteiger partial charge is 0.260 e. The second-order valence-corrected chi connectivity index (χ2v) is 7.67. The summed E-state index contributed by atoms with van der Waals surface area (Å²) in [5, 5.41) is 18.2. The first-order chi connectivity index (χ1) is 14.8. The van der Waals surface area contributed by atoms with Crippen LogP contribution in [0.5, 0.6) is 0 Å². The van der Waals surface area contributed by atoms with Crippen LogP contribution in [0.2, 0.25) is 0 Å². The maximum absolute atomic E-state index is 5.40. The van der Waals surface area contributed by atoms with E-state index >= 15 is 0 Å². The third-order valence-corrected chi connectivity index (χ3v) is 5.89. The molecule has 0 bridgehead atoms. The molecule has 10 heteroatoms. The molecule has 6 aromatic rings. The topological polar surface area (TPSA) is 91.3 Å². The molecule has 0 N–H and O–H groups in total. The summed E-state index contributed by atoms with van der Waals surface area (Å²) in [5.74, 6) is 3.12. The number of imidazole rings is 1. The van der Waals surface area contributed by atoms with E-state index in [1.807, 2.05) is 46.9 Å². The molecule has 30 heavy (non-hydrogen) atoms. The van der Waals surface area contributed by atoms with Crippen molar-refractivity contribution in [3.8, 4) is 11.4 Å². The summed E-state index contributed by atoms with van der Waals surface area (Å²) in [6.45, 7) is 2.93. The Bertz CT molecular complexity index is 1490. The van der Waals surface area contributed by atoms with Crippen LogP contribution in [0, 0.1) is 0 Å². The molecule has 0 aliphatic carbocycles. The third-order valence-electron chi connectivity index (χ3n) is 4.98. The number of rotatable bonds is 5. The summed E-state index contributed by atoms with van der Waals surface area (Å²) >= 11 is 1.46. The molecule has 0 fully saturated rings. The number of para-hydroxylation sites is 2. The van der Waals surface area contributed by atoms with Crippen molar-refractivity contribution in [2.24, 2.45) is 0 Å². The minimum atomic E-state index is 0.483. The van der Waals surface area contributed by atoms with Gasteiger partial charge in [-0.1, -0.05) is 59.4 Å². The highest BCUT2D eigenvalue weighted by molar-refractivity contribution is 7.98. The number of fused-ring (bicyclic) bond motifs is 5. The van der Waals surface area contributed by atoms with Gasteiger partial charge >= 0.3 is 0 Å². The Kier molecular flexibility index (Phi) is 3.85. The normalized spacial score (nSPS) is 11.9. The molecule has 0 spiro atoms. The first-order valence-corrected chi connectivity index (χ1v) is 10.5. The Morgan fingerprint density at radius 1 is 0.933 bits per heavy atom. The van der Waals surface area contributed by atoms with Gasteiger partial charge in [0.1, 0.15) is 0 Å². The van der Waals surface area contributed by atoms with E-state index in [1.165, 1.54) is 11.8 Å². The van der Waals surface area contributed by atoms with E-state index in [-0.39, 0.29) is 0 Å². The lowest BCUT2D eigenvalue weighted by Gasteiger charge is -1.98. The van der Waals surface area contributed by atoms with E-state index in [0.717, 1.165) is 28.9 Å². The molecule has 0 radical (unpaired) electrons. The molecule has 0 atom stereocenters. The van der Waals surface area contributed by atoms with Crippen LogP contribution in [0.3, 0.4) is 0 Å². The van der Waals surface area contributed by atoms with E-state index < -0.39 is 0 Å². The van der Waals surface area contributed by atoms with Gasteiger partial charge in [-0.15, -0.1) is 15.3 Å². The van der Waals surface area contributed by atoms with Crippen molar-refractivity contribution >= 4 is 34.4 Å². The van der Waals surface area contributed by atoms with Crippen molar-refractivity contribution in [3.05, 3.63) is 60.5 Å². The summed E-state index contributed by atoms with van der Waals surface area (Å²) in [6.07, 6.45) is 0. The van der Waals surface area contributed by atoms with Gasteiger partial charge in [0.05, 0.1) is 16.8 Å². The van der Waals surface area contributed by atoms with Gasteiger partial charge in [-0.25, -0.2) is 4.40 Å². The van der Waals surface area contributed by atoms with Gasteiger partial charge in [-0.3, -0.25) is 0 Å². The zero-order valence-electron chi connectivity index (χ0n) is 16.0. The van der Waals surface area contributed by atoms with Crippen molar-refractivity contribution < 1.29 is 4.52 Å². The van der Waals surface area contributed by atoms with Gasteiger partial charge in [-0.2, -0.15) is 9.50 Å². The lowest BCUT2D eigenvalue weighted by atomic mass is 10.2. The van der Waals surface area contributed by atoms with Crippen molar-refractivity contribution in [1.82, 2.24) is 38.9 Å². The summed E-state index contributed by atoms with van der Waals surface area (Å²) < 4.78 is 11.4. The van der Waals surface area contributed by atoms with Crippen molar-refractivity contribution in [2.45, 2.75) is 24.4 Å². The molecular formula is C20H16N8OS. The number of hydrogen-bond donors (Lipinski definition) is 0. The van der Waals surface area contributed by atoms with Crippen LogP contribution in [0.15, 0.2) is 64.3 Å². The average molecular weight is 416 g/mol. The summed E-state index contributed by atoms with van der Waals surface area (Å²) in [7, 11) is 0. The zero-order valence-corrected chi connectivity index (χ0v) is 16.8. The number of aromatic nitrogens is 8. The van der Waals surface area contributed by atoms with Crippen molar-refractivity contribution in [2.75, 3.05) is 0 Å². The number of thioether (sulfide) groups is 1. The lowest BCUT2D eigenvalue weighted by Crippen LogP contribution is -1.96. The van der Waals surface area contributed by atoms with E-state index in [9.17, 15) is 0 Å². The van der Waals surface area contributed by atoms with E-state index in [4.69, 9.17) is 9.62 Å². The first-order valence-electron chi connectivity index (χ1n) is 9.55. The maximum Gasteiger partial charge on any atom is 0.260 e. The number of nitrogens with zero attached hydrogens (tertiary/aromatic N) is 8. The monoisotopic (exact) mass is 416 g/mol. The number of benzene rings is 2. The summed E-state index contributed by atoms with van der Waals surface area (Å²) in [4.78, 5) is 4.48. The van der Waals surface area contributed by atoms with Crippen LogP contribution in [0.1, 0.15) is 12.8 Å². The van der Waals surface area contributed by atoms with Crippen LogP contribution in [-0.4, -0.2) is 38.9 Å². The lowest BCUT2D eigenvalue weighted by molar-refractivity contribution is 0.391. The summed E-state index contributed by atoms with van der Waals surface area (Å²) in [6, 6.07) is 18.0. The van der Waals surface area contributed by atoms with Crippen molar-refractivity contribution in [3.63, 3.8) is 0 Å². The van der Waals surface area contributed by atoms with Gasteiger partial charge < -0.3 is 9.09 Å². The Hall–Kier alpha value is -3.66. The molecule has 0 aliphatic rings. The average Bonchev–Trinajstić information content (AvgIpc) is 3.54. The van der Waals surface area contributed by atoms with Crippen LogP contribution in [-0.2, 0) is 12.3 Å². The molecule has 6 rings (SSSR count). The number of aryl methyl sites for hydroxylation is 1. The number of hydrogen-bond acceptors (Lipinski definition) is 7. The van der Waals surface area contributed by atoms with Crippen LogP contribution < -0.4 is 0 Å². The summed E-state index contributed by atoms with van der Waals surface area (Å²) in [5.41, 5.74) is 3.11. The Morgan fingerprint density at radius 2 is 1.73 bits per heavy atom. The molecule has 9 nitrogen and oxygen atoms in total. The minimum absolute atomic E-state index is 0.483. The third kappa shape index (κ3) is 2.53. The quantitative estimate of drug-likeness (QED) is 0.396. The highest BCUT2D eigenvalue weighted by Crippen LogP contribution is 2.26. The van der Waals surface area contributed by atoms with Crippen LogP contribution in [0.25, 0.3) is 34.0 Å². The van der Waals surface area contributed by atoms with Gasteiger partial charge in [0.2, 0.25) is 22.6 Å². The Balaban J connectivity index is 1.34. The van der Waals surface area contributed by atoms with Crippen LogP contribution in [0.4, 0.5) is 0 Å². The van der Waals surface area contributed by atoms with E-state index in [0.29, 0.717) is 28.4 Å². The highest BCUT2D eigenvalue weighted by atomic mass is 32.2. The standard InChI is InChI=1S/C20H16N8OS/c1-2-26-14-10-6-7-11-15(14)27-18-22-23-20(28(18)24-19(26)27)30-12-16-21-17(25-29-16)13-8-4-3-5-9-13/h3-11H,2,12H2,1H3.